The molecule has 0 spiro atoms. The Hall–Kier alpha value is -0.870. The van der Waals surface area contributed by atoms with Crippen LogP contribution in [0.3, 0.4) is 0 Å². The molecule has 1 N–H and O–H groups in total. The highest BCUT2D eigenvalue weighted by Crippen LogP contribution is 2.27. The number of fused-ring (bicyclic) bond motifs is 1. The molecule has 2 fully saturated rings. The van der Waals surface area contributed by atoms with Crippen molar-refractivity contribution in [3.63, 3.8) is 0 Å². The standard InChI is InChI=1S/C12H17ClN4/c13-9-7-14-12(15-8-9)16-10-3-5-17-4-1-2-11(17)6-10/h7-8,10-11H,1-6H2,(H,14,15,16). The van der Waals surface area contributed by atoms with Crippen LogP contribution in [0.25, 0.3) is 0 Å². The lowest BCUT2D eigenvalue weighted by molar-refractivity contribution is 0.188. The van der Waals surface area contributed by atoms with Gasteiger partial charge in [-0.3, -0.25) is 0 Å². The Labute approximate surface area is 106 Å². The summed E-state index contributed by atoms with van der Waals surface area (Å²) in [5, 5.41) is 4.00. The lowest BCUT2D eigenvalue weighted by Crippen LogP contribution is -2.42. The molecule has 1 aromatic heterocycles. The van der Waals surface area contributed by atoms with Gasteiger partial charge in [-0.05, 0) is 32.2 Å². The first kappa shape index (κ1) is 11.2. The first-order valence-corrected chi connectivity index (χ1v) is 6.67. The van der Waals surface area contributed by atoms with Crippen molar-refractivity contribution in [1.82, 2.24) is 14.9 Å². The minimum Gasteiger partial charge on any atom is -0.351 e. The maximum Gasteiger partial charge on any atom is 0.222 e. The van der Waals surface area contributed by atoms with Crippen LogP contribution in [0.1, 0.15) is 25.7 Å². The second-order valence-electron chi connectivity index (χ2n) is 4.92. The highest BCUT2D eigenvalue weighted by Gasteiger charge is 2.31. The van der Waals surface area contributed by atoms with Crippen molar-refractivity contribution in [2.24, 2.45) is 0 Å². The van der Waals surface area contributed by atoms with Crippen molar-refractivity contribution in [3.8, 4) is 0 Å². The van der Waals surface area contributed by atoms with Crippen molar-refractivity contribution in [2.75, 3.05) is 18.4 Å². The zero-order valence-corrected chi connectivity index (χ0v) is 10.5. The number of halogens is 1. The Bertz CT molecular complexity index is 381. The van der Waals surface area contributed by atoms with Crippen LogP contribution in [0.2, 0.25) is 5.02 Å². The summed E-state index contributed by atoms with van der Waals surface area (Å²) in [7, 11) is 0. The molecule has 2 saturated heterocycles. The summed E-state index contributed by atoms with van der Waals surface area (Å²) in [5.41, 5.74) is 0. The molecule has 4 nitrogen and oxygen atoms in total. The van der Waals surface area contributed by atoms with Gasteiger partial charge in [0.2, 0.25) is 5.95 Å². The zero-order valence-electron chi connectivity index (χ0n) is 9.77. The molecule has 1 aromatic rings. The predicted molar refractivity (Wildman–Crippen MR) is 68.3 cm³/mol. The predicted octanol–water partition coefficient (Wildman–Crippen LogP) is 2.17. The number of hydrogen-bond donors (Lipinski definition) is 1. The third-order valence-corrected chi connectivity index (χ3v) is 3.97. The quantitative estimate of drug-likeness (QED) is 0.876. The van der Waals surface area contributed by atoms with Gasteiger partial charge in [0.15, 0.2) is 0 Å². The van der Waals surface area contributed by atoms with E-state index in [0.717, 1.165) is 6.04 Å². The van der Waals surface area contributed by atoms with E-state index in [0.29, 0.717) is 17.0 Å². The fourth-order valence-electron chi connectivity index (χ4n) is 2.92. The van der Waals surface area contributed by atoms with E-state index in [-0.39, 0.29) is 0 Å². The molecular weight excluding hydrogens is 236 g/mol. The summed E-state index contributed by atoms with van der Waals surface area (Å²) in [6.07, 6.45) is 8.38. The van der Waals surface area contributed by atoms with Gasteiger partial charge in [0.1, 0.15) is 0 Å². The monoisotopic (exact) mass is 252 g/mol. The molecule has 0 aromatic carbocycles. The van der Waals surface area contributed by atoms with Crippen molar-refractivity contribution in [2.45, 2.75) is 37.8 Å². The van der Waals surface area contributed by atoms with E-state index in [9.17, 15) is 0 Å². The molecule has 2 aliphatic heterocycles. The fourth-order valence-corrected chi connectivity index (χ4v) is 3.02. The number of hydrogen-bond acceptors (Lipinski definition) is 4. The van der Waals surface area contributed by atoms with Gasteiger partial charge in [0.05, 0.1) is 17.4 Å². The number of anilines is 1. The second kappa shape index (κ2) is 4.78. The molecule has 2 unspecified atom stereocenters. The van der Waals surface area contributed by atoms with E-state index in [1.807, 2.05) is 0 Å². The van der Waals surface area contributed by atoms with Crippen LogP contribution in [0.4, 0.5) is 5.95 Å². The Kier molecular flexibility index (Phi) is 3.16. The first-order chi connectivity index (χ1) is 8.31. The van der Waals surface area contributed by atoms with Crippen molar-refractivity contribution >= 4 is 17.5 Å². The molecule has 0 bridgehead atoms. The van der Waals surface area contributed by atoms with Gasteiger partial charge in [-0.15, -0.1) is 0 Å². The second-order valence-corrected chi connectivity index (χ2v) is 5.36. The molecule has 92 valence electrons. The maximum absolute atomic E-state index is 5.77. The number of nitrogens with zero attached hydrogens (tertiary/aromatic N) is 3. The van der Waals surface area contributed by atoms with Crippen molar-refractivity contribution in [3.05, 3.63) is 17.4 Å². The Morgan fingerprint density at radius 1 is 1.24 bits per heavy atom. The van der Waals surface area contributed by atoms with E-state index < -0.39 is 0 Å². The van der Waals surface area contributed by atoms with Gasteiger partial charge >= 0.3 is 0 Å². The van der Waals surface area contributed by atoms with Gasteiger partial charge in [0.25, 0.3) is 0 Å². The van der Waals surface area contributed by atoms with E-state index >= 15 is 0 Å². The number of aromatic nitrogens is 2. The molecule has 2 atom stereocenters. The van der Waals surface area contributed by atoms with Gasteiger partial charge in [-0.2, -0.15) is 0 Å². The van der Waals surface area contributed by atoms with Crippen LogP contribution < -0.4 is 5.32 Å². The summed E-state index contributed by atoms with van der Waals surface area (Å²) < 4.78 is 0. The van der Waals surface area contributed by atoms with Crippen LogP contribution in [-0.4, -0.2) is 40.0 Å². The van der Waals surface area contributed by atoms with Crippen LogP contribution in [-0.2, 0) is 0 Å². The van der Waals surface area contributed by atoms with Gasteiger partial charge in [-0.25, -0.2) is 9.97 Å². The summed E-state index contributed by atoms with van der Waals surface area (Å²) in [4.78, 5) is 11.0. The van der Waals surface area contributed by atoms with Crippen LogP contribution >= 0.6 is 11.6 Å². The van der Waals surface area contributed by atoms with Crippen LogP contribution in [0.5, 0.6) is 0 Å². The number of piperidine rings is 1. The topological polar surface area (TPSA) is 41.1 Å². The molecule has 3 rings (SSSR count). The zero-order chi connectivity index (χ0) is 11.7. The molecule has 17 heavy (non-hydrogen) atoms. The maximum atomic E-state index is 5.77. The van der Waals surface area contributed by atoms with Gasteiger partial charge in [0, 0.05) is 18.6 Å². The molecule has 0 radical (unpaired) electrons. The average molecular weight is 253 g/mol. The lowest BCUT2D eigenvalue weighted by atomic mass is 9.98. The van der Waals surface area contributed by atoms with E-state index in [4.69, 9.17) is 11.6 Å². The fraction of sp³-hybridized carbons (Fsp3) is 0.667. The molecule has 3 heterocycles. The van der Waals surface area contributed by atoms with E-state index in [2.05, 4.69) is 20.2 Å². The smallest absolute Gasteiger partial charge is 0.222 e. The minimum absolute atomic E-state index is 0.510. The summed E-state index contributed by atoms with van der Waals surface area (Å²) in [6.45, 7) is 2.49. The molecule has 0 saturated carbocycles. The van der Waals surface area contributed by atoms with Crippen LogP contribution in [0, 0.1) is 0 Å². The van der Waals surface area contributed by atoms with Crippen molar-refractivity contribution < 1.29 is 0 Å². The molecular formula is C12H17ClN4. The normalized spacial score (nSPS) is 29.0. The lowest BCUT2D eigenvalue weighted by Gasteiger charge is -2.35. The highest BCUT2D eigenvalue weighted by atomic mass is 35.5. The Morgan fingerprint density at radius 3 is 2.88 bits per heavy atom. The van der Waals surface area contributed by atoms with Gasteiger partial charge < -0.3 is 10.2 Å². The summed E-state index contributed by atoms with van der Waals surface area (Å²) in [6, 6.07) is 1.28. The largest absolute Gasteiger partial charge is 0.351 e. The third-order valence-electron chi connectivity index (χ3n) is 3.77. The van der Waals surface area contributed by atoms with Crippen LogP contribution in [0.15, 0.2) is 12.4 Å². The van der Waals surface area contributed by atoms with E-state index in [1.165, 1.54) is 38.8 Å². The Balaban J connectivity index is 1.60. The minimum atomic E-state index is 0.510. The average Bonchev–Trinajstić information content (AvgIpc) is 2.79. The van der Waals surface area contributed by atoms with E-state index in [1.54, 1.807) is 12.4 Å². The third kappa shape index (κ3) is 2.53. The molecule has 0 amide bonds. The first-order valence-electron chi connectivity index (χ1n) is 6.29. The highest BCUT2D eigenvalue weighted by molar-refractivity contribution is 6.30. The summed E-state index contributed by atoms with van der Waals surface area (Å²) >= 11 is 5.77. The molecule has 5 heteroatoms. The Morgan fingerprint density at radius 2 is 2.06 bits per heavy atom. The number of rotatable bonds is 2. The number of nitrogens with one attached hydrogen (secondary N) is 1. The summed E-state index contributed by atoms with van der Waals surface area (Å²) in [5.74, 6) is 0.700. The van der Waals surface area contributed by atoms with Gasteiger partial charge in [-0.1, -0.05) is 11.6 Å². The SMILES string of the molecule is Clc1cnc(NC2CCN3CCCC3C2)nc1. The molecule has 0 aliphatic carbocycles. The molecule has 2 aliphatic rings. The van der Waals surface area contributed by atoms with Crippen molar-refractivity contribution in [1.29, 1.82) is 0 Å².